The summed E-state index contributed by atoms with van der Waals surface area (Å²) in [5.41, 5.74) is 3.85. The van der Waals surface area contributed by atoms with E-state index in [0.717, 1.165) is 24.4 Å². The molecule has 0 spiro atoms. The molecule has 3 rings (SSSR count). The Hall–Kier alpha value is -3.39. The quantitative estimate of drug-likeness (QED) is 0.635. The number of Topliss-reactive ketones (excluding diaryl/α,β-unsaturated/α-hetero) is 1. The van der Waals surface area contributed by atoms with Gasteiger partial charge in [-0.05, 0) is 38.0 Å². The van der Waals surface area contributed by atoms with Gasteiger partial charge in [0.05, 0.1) is 12.1 Å². The SMILES string of the molecule is Cc1cc(C(=O)Cn2cc(C#N)ccc2=O)c(C)n1CCc1ccccc1. The van der Waals surface area contributed by atoms with Crippen molar-refractivity contribution < 1.29 is 4.79 Å². The summed E-state index contributed by atoms with van der Waals surface area (Å²) < 4.78 is 3.42. The van der Waals surface area contributed by atoms with Crippen molar-refractivity contribution in [2.45, 2.75) is 33.4 Å². The molecule has 0 saturated heterocycles. The Morgan fingerprint density at radius 3 is 2.56 bits per heavy atom. The summed E-state index contributed by atoms with van der Waals surface area (Å²) in [7, 11) is 0. The molecule has 0 aliphatic rings. The predicted molar refractivity (Wildman–Crippen MR) is 104 cm³/mol. The molecule has 2 aromatic heterocycles. The molecule has 2 heterocycles. The molecule has 0 saturated carbocycles. The average molecular weight is 359 g/mol. The van der Waals surface area contributed by atoms with Gasteiger partial charge in [0.15, 0.2) is 5.78 Å². The summed E-state index contributed by atoms with van der Waals surface area (Å²) in [5, 5.41) is 8.99. The monoisotopic (exact) mass is 359 g/mol. The van der Waals surface area contributed by atoms with Crippen molar-refractivity contribution in [2.75, 3.05) is 0 Å². The molecular formula is C22H21N3O2. The number of carbonyl (C=O) groups excluding carboxylic acids is 1. The number of nitriles is 1. The van der Waals surface area contributed by atoms with Crippen LogP contribution in [0.1, 0.15) is 32.9 Å². The van der Waals surface area contributed by atoms with Gasteiger partial charge in [0.25, 0.3) is 5.56 Å². The smallest absolute Gasteiger partial charge is 0.251 e. The van der Waals surface area contributed by atoms with Gasteiger partial charge in [-0.3, -0.25) is 9.59 Å². The van der Waals surface area contributed by atoms with Crippen molar-refractivity contribution in [3.8, 4) is 6.07 Å². The normalized spacial score (nSPS) is 10.6. The van der Waals surface area contributed by atoms with Crippen LogP contribution in [0.2, 0.25) is 0 Å². The summed E-state index contributed by atoms with van der Waals surface area (Å²) in [4.78, 5) is 24.7. The lowest BCUT2D eigenvalue weighted by atomic mass is 10.1. The zero-order valence-electron chi connectivity index (χ0n) is 15.5. The highest BCUT2D eigenvalue weighted by Gasteiger charge is 2.16. The zero-order valence-corrected chi connectivity index (χ0v) is 15.5. The van der Waals surface area contributed by atoms with Crippen LogP contribution in [0, 0.1) is 25.2 Å². The molecule has 0 radical (unpaired) electrons. The topological polar surface area (TPSA) is 67.8 Å². The van der Waals surface area contributed by atoms with Crippen molar-refractivity contribution >= 4 is 5.78 Å². The fraction of sp³-hybridized carbons (Fsp3) is 0.227. The first kappa shape index (κ1) is 18.4. The molecule has 0 unspecified atom stereocenters. The van der Waals surface area contributed by atoms with Gasteiger partial charge in [0.1, 0.15) is 6.07 Å². The first-order valence-corrected chi connectivity index (χ1v) is 8.84. The second-order valence-electron chi connectivity index (χ2n) is 6.59. The van der Waals surface area contributed by atoms with E-state index >= 15 is 0 Å². The predicted octanol–water partition coefficient (Wildman–Crippen LogP) is 3.26. The second kappa shape index (κ2) is 7.88. The van der Waals surface area contributed by atoms with Gasteiger partial charge in [-0.2, -0.15) is 5.26 Å². The number of aryl methyl sites for hydroxylation is 2. The van der Waals surface area contributed by atoms with Gasteiger partial charge in [-0.1, -0.05) is 30.3 Å². The van der Waals surface area contributed by atoms with Crippen molar-refractivity contribution in [1.82, 2.24) is 9.13 Å². The maximum Gasteiger partial charge on any atom is 0.251 e. The minimum atomic E-state index is -0.291. The largest absolute Gasteiger partial charge is 0.348 e. The summed E-state index contributed by atoms with van der Waals surface area (Å²) in [6.07, 6.45) is 2.31. The van der Waals surface area contributed by atoms with Crippen LogP contribution in [0.4, 0.5) is 0 Å². The second-order valence-corrected chi connectivity index (χ2v) is 6.59. The summed E-state index contributed by atoms with van der Waals surface area (Å²) in [6.45, 7) is 4.63. The molecule has 0 fully saturated rings. The summed E-state index contributed by atoms with van der Waals surface area (Å²) in [6, 6.07) is 16.9. The van der Waals surface area contributed by atoms with E-state index in [0.29, 0.717) is 11.1 Å². The third-order valence-electron chi connectivity index (χ3n) is 4.77. The van der Waals surface area contributed by atoms with Crippen molar-refractivity contribution in [3.05, 3.63) is 93.2 Å². The summed E-state index contributed by atoms with van der Waals surface area (Å²) >= 11 is 0. The average Bonchev–Trinajstić information content (AvgIpc) is 2.96. The number of carbonyl (C=O) groups is 1. The van der Waals surface area contributed by atoms with Crippen LogP contribution < -0.4 is 5.56 Å². The van der Waals surface area contributed by atoms with Gasteiger partial charge in [0, 0.05) is 35.8 Å². The Kier molecular flexibility index (Phi) is 5.37. The van der Waals surface area contributed by atoms with Crippen LogP contribution in [0.15, 0.2) is 59.5 Å². The van der Waals surface area contributed by atoms with E-state index in [4.69, 9.17) is 5.26 Å². The molecule has 0 aliphatic carbocycles. The molecule has 3 aromatic rings. The van der Waals surface area contributed by atoms with Crippen LogP contribution in [0.5, 0.6) is 0 Å². The number of rotatable bonds is 6. The molecule has 0 N–H and O–H groups in total. The van der Waals surface area contributed by atoms with Crippen LogP contribution in [-0.2, 0) is 19.5 Å². The van der Waals surface area contributed by atoms with E-state index in [1.807, 2.05) is 44.2 Å². The van der Waals surface area contributed by atoms with E-state index in [1.54, 1.807) is 0 Å². The molecular weight excluding hydrogens is 338 g/mol. The van der Waals surface area contributed by atoms with Gasteiger partial charge in [-0.25, -0.2) is 0 Å². The minimum absolute atomic E-state index is 0.0721. The van der Waals surface area contributed by atoms with E-state index in [9.17, 15) is 9.59 Å². The molecule has 136 valence electrons. The van der Waals surface area contributed by atoms with Crippen LogP contribution in [0.25, 0.3) is 0 Å². The van der Waals surface area contributed by atoms with E-state index in [1.165, 1.54) is 28.5 Å². The number of ketones is 1. The highest BCUT2D eigenvalue weighted by Crippen LogP contribution is 2.17. The lowest BCUT2D eigenvalue weighted by molar-refractivity contribution is 0.0970. The molecule has 27 heavy (non-hydrogen) atoms. The molecule has 5 nitrogen and oxygen atoms in total. The standard InChI is InChI=1S/C22H21N3O2/c1-16-12-20(17(2)25(16)11-10-18-6-4-3-5-7-18)21(26)15-24-14-19(13-23)8-9-22(24)27/h3-9,12,14H,10-11,15H2,1-2H3. The molecule has 0 aliphatic heterocycles. The minimum Gasteiger partial charge on any atom is -0.348 e. The van der Waals surface area contributed by atoms with Crippen molar-refractivity contribution in [2.24, 2.45) is 0 Å². The van der Waals surface area contributed by atoms with Crippen molar-refractivity contribution in [3.63, 3.8) is 0 Å². The number of benzene rings is 1. The Morgan fingerprint density at radius 1 is 1.11 bits per heavy atom. The lowest BCUT2D eigenvalue weighted by Gasteiger charge is -2.10. The highest BCUT2D eigenvalue weighted by atomic mass is 16.1. The number of pyridine rings is 1. The first-order valence-electron chi connectivity index (χ1n) is 8.84. The molecule has 1 aromatic carbocycles. The number of aromatic nitrogens is 2. The number of nitrogens with zero attached hydrogens (tertiary/aromatic N) is 3. The maximum absolute atomic E-state index is 12.8. The Morgan fingerprint density at radius 2 is 1.85 bits per heavy atom. The Bertz CT molecular complexity index is 1070. The first-order chi connectivity index (χ1) is 13.0. The van der Waals surface area contributed by atoms with E-state index < -0.39 is 0 Å². The maximum atomic E-state index is 12.8. The fourth-order valence-electron chi connectivity index (χ4n) is 3.27. The Labute approximate surface area is 158 Å². The molecule has 0 bridgehead atoms. The third kappa shape index (κ3) is 4.06. The zero-order chi connectivity index (χ0) is 19.4. The van der Waals surface area contributed by atoms with Gasteiger partial charge < -0.3 is 9.13 Å². The van der Waals surface area contributed by atoms with Crippen LogP contribution in [-0.4, -0.2) is 14.9 Å². The molecule has 0 atom stereocenters. The summed E-state index contributed by atoms with van der Waals surface area (Å²) in [5.74, 6) is -0.133. The molecule has 5 heteroatoms. The van der Waals surface area contributed by atoms with Gasteiger partial charge in [-0.15, -0.1) is 0 Å². The third-order valence-corrected chi connectivity index (χ3v) is 4.77. The van der Waals surface area contributed by atoms with E-state index in [2.05, 4.69) is 16.7 Å². The Balaban J connectivity index is 1.80. The number of hydrogen-bond acceptors (Lipinski definition) is 3. The molecule has 0 amide bonds. The van der Waals surface area contributed by atoms with Gasteiger partial charge in [0.2, 0.25) is 0 Å². The lowest BCUT2D eigenvalue weighted by Crippen LogP contribution is -2.23. The van der Waals surface area contributed by atoms with E-state index in [-0.39, 0.29) is 17.9 Å². The number of hydrogen-bond donors (Lipinski definition) is 0. The van der Waals surface area contributed by atoms with Crippen LogP contribution in [0.3, 0.4) is 0 Å². The van der Waals surface area contributed by atoms with Crippen LogP contribution >= 0.6 is 0 Å². The highest BCUT2D eigenvalue weighted by molar-refractivity contribution is 5.97. The van der Waals surface area contributed by atoms with Gasteiger partial charge >= 0.3 is 0 Å². The fourth-order valence-corrected chi connectivity index (χ4v) is 3.27. The van der Waals surface area contributed by atoms with Crippen molar-refractivity contribution in [1.29, 1.82) is 5.26 Å².